The van der Waals surface area contributed by atoms with E-state index in [4.69, 9.17) is 0 Å². The van der Waals surface area contributed by atoms with Crippen LogP contribution in [0.4, 0.5) is 10.1 Å². The van der Waals surface area contributed by atoms with Crippen molar-refractivity contribution in [1.29, 1.82) is 0 Å². The fourth-order valence-electron chi connectivity index (χ4n) is 0.848. The van der Waals surface area contributed by atoms with E-state index in [0.29, 0.717) is 6.04 Å². The predicted octanol–water partition coefficient (Wildman–Crippen LogP) is 2.43. The lowest BCUT2D eigenvalue weighted by Crippen LogP contribution is -2.13. The van der Waals surface area contributed by atoms with Gasteiger partial charge >= 0.3 is 0 Å². The molecule has 0 saturated carbocycles. The zero-order valence-corrected chi connectivity index (χ0v) is 7.34. The summed E-state index contributed by atoms with van der Waals surface area (Å²) < 4.78 is 12.4. The first-order valence-electron chi connectivity index (χ1n) is 4.10. The molecule has 1 rings (SSSR count). The molecule has 1 aromatic heterocycles. The molecule has 0 fully saturated rings. The van der Waals surface area contributed by atoms with Crippen molar-refractivity contribution in [2.24, 2.45) is 0 Å². The number of nitrogens with one attached hydrogen (secondary N) is 1. The van der Waals surface area contributed by atoms with Crippen LogP contribution in [0, 0.1) is 5.95 Å². The van der Waals surface area contributed by atoms with Crippen LogP contribution >= 0.6 is 0 Å². The van der Waals surface area contributed by atoms with Gasteiger partial charge in [0.25, 0.3) is 0 Å². The molecule has 0 aromatic carbocycles. The molecule has 2 nitrogen and oxygen atoms in total. The average molecular weight is 168 g/mol. The Morgan fingerprint density at radius 1 is 1.58 bits per heavy atom. The Kier molecular flexibility index (Phi) is 3.02. The molecule has 0 aliphatic rings. The second-order valence-corrected chi connectivity index (χ2v) is 2.82. The number of hydrogen-bond donors (Lipinski definition) is 1. The van der Waals surface area contributed by atoms with Crippen molar-refractivity contribution in [3.63, 3.8) is 0 Å². The molecule has 0 saturated heterocycles. The normalized spacial score (nSPS) is 12.6. The zero-order chi connectivity index (χ0) is 8.97. The van der Waals surface area contributed by atoms with E-state index in [1.54, 1.807) is 6.07 Å². The van der Waals surface area contributed by atoms with Gasteiger partial charge in [-0.2, -0.15) is 4.39 Å². The second-order valence-electron chi connectivity index (χ2n) is 2.82. The van der Waals surface area contributed by atoms with Crippen LogP contribution in [0.1, 0.15) is 20.3 Å². The number of aromatic nitrogens is 1. The minimum Gasteiger partial charge on any atom is -0.381 e. The van der Waals surface area contributed by atoms with E-state index in [-0.39, 0.29) is 0 Å². The molecular formula is C9H13FN2. The summed E-state index contributed by atoms with van der Waals surface area (Å²) in [6.07, 6.45) is 2.54. The molecule has 1 N–H and O–H groups in total. The standard InChI is InChI=1S/C9H13FN2/c1-3-7(2)12-8-4-5-9(10)11-6-8/h4-7,12H,3H2,1-2H3/t7-/m1/s1. The first kappa shape index (κ1) is 8.97. The lowest BCUT2D eigenvalue weighted by Gasteiger charge is -2.11. The van der Waals surface area contributed by atoms with Crippen LogP contribution in [0.5, 0.6) is 0 Å². The summed E-state index contributed by atoms with van der Waals surface area (Å²) in [5.74, 6) is -0.440. The Hall–Kier alpha value is -1.12. The van der Waals surface area contributed by atoms with Gasteiger partial charge in [0.2, 0.25) is 5.95 Å². The zero-order valence-electron chi connectivity index (χ0n) is 7.34. The molecule has 0 unspecified atom stereocenters. The number of nitrogens with zero attached hydrogens (tertiary/aromatic N) is 1. The third-order valence-electron chi connectivity index (χ3n) is 1.75. The van der Waals surface area contributed by atoms with E-state index in [1.807, 2.05) is 0 Å². The van der Waals surface area contributed by atoms with Gasteiger partial charge in [0.15, 0.2) is 0 Å². The Morgan fingerprint density at radius 2 is 2.33 bits per heavy atom. The van der Waals surface area contributed by atoms with Crippen LogP contribution in [0.25, 0.3) is 0 Å². The van der Waals surface area contributed by atoms with E-state index in [1.165, 1.54) is 12.3 Å². The minimum absolute atomic E-state index is 0.400. The minimum atomic E-state index is -0.440. The summed E-state index contributed by atoms with van der Waals surface area (Å²) in [5.41, 5.74) is 0.866. The van der Waals surface area contributed by atoms with Gasteiger partial charge in [0.05, 0.1) is 11.9 Å². The van der Waals surface area contributed by atoms with E-state index < -0.39 is 5.95 Å². The number of pyridine rings is 1. The average Bonchev–Trinajstić information content (AvgIpc) is 2.09. The van der Waals surface area contributed by atoms with Crippen molar-refractivity contribution in [1.82, 2.24) is 4.98 Å². The summed E-state index contributed by atoms with van der Waals surface area (Å²) in [5, 5.41) is 3.19. The van der Waals surface area contributed by atoms with Crippen molar-refractivity contribution in [3.8, 4) is 0 Å². The van der Waals surface area contributed by atoms with Crippen molar-refractivity contribution in [3.05, 3.63) is 24.3 Å². The molecule has 0 aliphatic heterocycles. The lowest BCUT2D eigenvalue weighted by atomic mass is 10.2. The highest BCUT2D eigenvalue weighted by atomic mass is 19.1. The molecule has 1 heterocycles. The van der Waals surface area contributed by atoms with E-state index >= 15 is 0 Å². The third kappa shape index (κ3) is 2.49. The summed E-state index contributed by atoms with van der Waals surface area (Å²) in [6.45, 7) is 4.16. The molecule has 0 bridgehead atoms. The Balaban J connectivity index is 2.58. The number of rotatable bonds is 3. The molecule has 66 valence electrons. The van der Waals surface area contributed by atoms with E-state index in [2.05, 4.69) is 24.1 Å². The van der Waals surface area contributed by atoms with Gasteiger partial charge < -0.3 is 5.32 Å². The number of anilines is 1. The monoisotopic (exact) mass is 168 g/mol. The molecule has 1 aromatic rings. The van der Waals surface area contributed by atoms with Crippen molar-refractivity contribution in [2.45, 2.75) is 26.3 Å². The maximum absolute atomic E-state index is 12.4. The van der Waals surface area contributed by atoms with Crippen molar-refractivity contribution < 1.29 is 4.39 Å². The van der Waals surface area contributed by atoms with E-state index in [0.717, 1.165) is 12.1 Å². The third-order valence-corrected chi connectivity index (χ3v) is 1.75. The quantitative estimate of drug-likeness (QED) is 0.701. The van der Waals surface area contributed by atoms with Gasteiger partial charge in [-0.15, -0.1) is 0 Å². The molecule has 3 heteroatoms. The van der Waals surface area contributed by atoms with Crippen LogP contribution in [0.3, 0.4) is 0 Å². The van der Waals surface area contributed by atoms with E-state index in [9.17, 15) is 4.39 Å². The Bertz CT molecular complexity index is 233. The molecule has 0 aliphatic carbocycles. The van der Waals surface area contributed by atoms with Gasteiger partial charge in [-0.1, -0.05) is 6.92 Å². The fraction of sp³-hybridized carbons (Fsp3) is 0.444. The van der Waals surface area contributed by atoms with Crippen LogP contribution in [-0.2, 0) is 0 Å². The molecule has 0 amide bonds. The summed E-state index contributed by atoms with van der Waals surface area (Å²) >= 11 is 0. The van der Waals surface area contributed by atoms with Crippen LogP contribution in [-0.4, -0.2) is 11.0 Å². The number of hydrogen-bond acceptors (Lipinski definition) is 2. The van der Waals surface area contributed by atoms with Gasteiger partial charge in [-0.05, 0) is 25.5 Å². The Morgan fingerprint density at radius 3 is 2.83 bits per heavy atom. The molecule has 0 spiro atoms. The highest BCUT2D eigenvalue weighted by Gasteiger charge is 1.98. The van der Waals surface area contributed by atoms with Crippen LogP contribution in [0.15, 0.2) is 18.3 Å². The Labute approximate surface area is 71.8 Å². The summed E-state index contributed by atoms with van der Waals surface area (Å²) in [7, 11) is 0. The molecule has 0 radical (unpaired) electrons. The molecular weight excluding hydrogens is 155 g/mol. The van der Waals surface area contributed by atoms with Crippen molar-refractivity contribution in [2.75, 3.05) is 5.32 Å². The molecule has 1 atom stereocenters. The SMILES string of the molecule is CC[C@@H](C)Nc1ccc(F)nc1. The lowest BCUT2D eigenvalue weighted by molar-refractivity contribution is 0.583. The molecule has 12 heavy (non-hydrogen) atoms. The number of halogens is 1. The van der Waals surface area contributed by atoms with Crippen LogP contribution in [0.2, 0.25) is 0 Å². The summed E-state index contributed by atoms with van der Waals surface area (Å²) in [4.78, 5) is 3.54. The summed E-state index contributed by atoms with van der Waals surface area (Å²) in [6, 6.07) is 3.44. The van der Waals surface area contributed by atoms with Crippen LogP contribution < -0.4 is 5.32 Å². The predicted molar refractivity (Wildman–Crippen MR) is 47.6 cm³/mol. The van der Waals surface area contributed by atoms with Gasteiger partial charge in [-0.25, -0.2) is 4.98 Å². The van der Waals surface area contributed by atoms with Gasteiger partial charge in [0, 0.05) is 6.04 Å². The van der Waals surface area contributed by atoms with Crippen molar-refractivity contribution >= 4 is 5.69 Å². The maximum atomic E-state index is 12.4. The van der Waals surface area contributed by atoms with Gasteiger partial charge in [0.1, 0.15) is 0 Å². The smallest absolute Gasteiger partial charge is 0.212 e. The maximum Gasteiger partial charge on any atom is 0.212 e. The second kappa shape index (κ2) is 4.04. The highest BCUT2D eigenvalue weighted by molar-refractivity contribution is 5.40. The topological polar surface area (TPSA) is 24.9 Å². The largest absolute Gasteiger partial charge is 0.381 e. The fourth-order valence-corrected chi connectivity index (χ4v) is 0.848. The highest BCUT2D eigenvalue weighted by Crippen LogP contribution is 2.07. The first-order chi connectivity index (χ1) is 5.72. The van der Waals surface area contributed by atoms with Gasteiger partial charge in [-0.3, -0.25) is 0 Å². The first-order valence-corrected chi connectivity index (χ1v) is 4.10.